The smallest absolute Gasteiger partial charge is 0.253 e. The predicted octanol–water partition coefficient (Wildman–Crippen LogP) is 2.70. The van der Waals surface area contributed by atoms with E-state index in [1.807, 2.05) is 59.5 Å². The number of hydrogen-bond donors (Lipinski definition) is 0. The average molecular weight is 378 g/mol. The molecule has 2 aromatic carbocycles. The van der Waals surface area contributed by atoms with E-state index in [1.54, 1.807) is 7.11 Å². The Kier molecular flexibility index (Phi) is 5.34. The zero-order valence-electron chi connectivity index (χ0n) is 15.7. The summed E-state index contributed by atoms with van der Waals surface area (Å²) in [6.45, 7) is 3.47. The fraction of sp³-hybridized carbons (Fsp3) is 0.286. The highest BCUT2D eigenvalue weighted by atomic mass is 16.5. The van der Waals surface area contributed by atoms with Crippen LogP contribution in [-0.2, 0) is 6.54 Å². The van der Waals surface area contributed by atoms with Crippen LogP contribution >= 0.6 is 0 Å². The van der Waals surface area contributed by atoms with Crippen LogP contribution in [0.4, 0.5) is 0 Å². The maximum absolute atomic E-state index is 12.5. The minimum atomic E-state index is 0.0801. The Labute approximate surface area is 163 Å². The summed E-state index contributed by atoms with van der Waals surface area (Å²) in [6, 6.07) is 17.0. The van der Waals surface area contributed by atoms with Gasteiger partial charge in [-0.25, -0.2) is 0 Å². The molecule has 2 heterocycles. The Morgan fingerprint density at radius 2 is 1.75 bits per heavy atom. The normalized spacial score (nSPS) is 14.8. The van der Waals surface area contributed by atoms with Gasteiger partial charge in [0, 0.05) is 31.7 Å². The summed E-state index contributed by atoms with van der Waals surface area (Å²) < 4.78 is 10.8. The van der Waals surface area contributed by atoms with E-state index < -0.39 is 0 Å². The second-order valence-electron chi connectivity index (χ2n) is 6.65. The van der Waals surface area contributed by atoms with Gasteiger partial charge in [-0.05, 0) is 24.3 Å². The number of hydrogen-bond acceptors (Lipinski definition) is 6. The van der Waals surface area contributed by atoms with Crippen molar-refractivity contribution in [3.8, 4) is 17.1 Å². The van der Waals surface area contributed by atoms with Crippen molar-refractivity contribution in [2.45, 2.75) is 6.54 Å². The molecule has 0 bridgehead atoms. The molecular formula is C21H22N4O3. The van der Waals surface area contributed by atoms with Crippen LogP contribution in [0.2, 0.25) is 0 Å². The first kappa shape index (κ1) is 18.2. The van der Waals surface area contributed by atoms with Gasteiger partial charge in [0.2, 0.25) is 11.7 Å². The summed E-state index contributed by atoms with van der Waals surface area (Å²) in [5.41, 5.74) is 1.53. The summed E-state index contributed by atoms with van der Waals surface area (Å²) in [5.74, 6) is 1.87. The standard InChI is InChI=1S/C21H22N4O3/c1-27-18-10-6-5-9-17(18)20-22-19(28-23-20)15-24-11-13-25(14-12-24)21(26)16-7-3-2-4-8-16/h2-10H,11-15H2,1H3. The van der Waals surface area contributed by atoms with E-state index in [-0.39, 0.29) is 5.91 Å². The van der Waals surface area contributed by atoms with Crippen molar-refractivity contribution in [1.29, 1.82) is 0 Å². The van der Waals surface area contributed by atoms with E-state index in [9.17, 15) is 4.79 Å². The highest BCUT2D eigenvalue weighted by Gasteiger charge is 2.23. The van der Waals surface area contributed by atoms with E-state index in [1.165, 1.54) is 0 Å². The first-order chi connectivity index (χ1) is 13.7. The van der Waals surface area contributed by atoms with Crippen LogP contribution in [0.3, 0.4) is 0 Å². The maximum Gasteiger partial charge on any atom is 0.253 e. The van der Waals surface area contributed by atoms with Gasteiger partial charge in [-0.3, -0.25) is 9.69 Å². The number of nitrogens with zero attached hydrogens (tertiary/aromatic N) is 4. The molecule has 4 rings (SSSR count). The first-order valence-corrected chi connectivity index (χ1v) is 9.27. The Bertz CT molecular complexity index is 934. The predicted molar refractivity (Wildman–Crippen MR) is 104 cm³/mol. The molecule has 1 aromatic heterocycles. The van der Waals surface area contributed by atoms with Gasteiger partial charge in [-0.2, -0.15) is 4.98 Å². The number of ether oxygens (including phenoxy) is 1. The first-order valence-electron chi connectivity index (χ1n) is 9.27. The number of piperazine rings is 1. The van der Waals surface area contributed by atoms with Crippen molar-refractivity contribution in [3.05, 3.63) is 66.1 Å². The molecular weight excluding hydrogens is 356 g/mol. The highest BCUT2D eigenvalue weighted by molar-refractivity contribution is 5.94. The van der Waals surface area contributed by atoms with E-state index in [0.29, 0.717) is 37.1 Å². The third-order valence-electron chi connectivity index (χ3n) is 4.86. The van der Waals surface area contributed by atoms with Gasteiger partial charge in [-0.15, -0.1) is 0 Å². The third kappa shape index (κ3) is 3.89. The maximum atomic E-state index is 12.5. The Hall–Kier alpha value is -3.19. The Morgan fingerprint density at radius 3 is 2.50 bits per heavy atom. The van der Waals surface area contributed by atoms with Gasteiger partial charge in [0.1, 0.15) is 5.75 Å². The van der Waals surface area contributed by atoms with Gasteiger partial charge in [-0.1, -0.05) is 35.5 Å². The zero-order chi connectivity index (χ0) is 19.3. The van der Waals surface area contributed by atoms with Crippen LogP contribution in [0.5, 0.6) is 5.75 Å². The SMILES string of the molecule is COc1ccccc1-c1noc(CN2CCN(C(=O)c3ccccc3)CC2)n1. The lowest BCUT2D eigenvalue weighted by molar-refractivity contribution is 0.0615. The van der Waals surface area contributed by atoms with Crippen molar-refractivity contribution in [1.82, 2.24) is 19.9 Å². The molecule has 1 aliphatic heterocycles. The Balaban J connectivity index is 1.36. The van der Waals surface area contributed by atoms with Gasteiger partial charge < -0.3 is 14.2 Å². The lowest BCUT2D eigenvalue weighted by atomic mass is 10.2. The molecule has 0 N–H and O–H groups in total. The molecule has 28 heavy (non-hydrogen) atoms. The number of rotatable bonds is 5. The molecule has 1 aliphatic rings. The van der Waals surface area contributed by atoms with Crippen molar-refractivity contribution in [2.24, 2.45) is 0 Å². The topological polar surface area (TPSA) is 71.7 Å². The van der Waals surface area contributed by atoms with Gasteiger partial charge in [0.15, 0.2) is 0 Å². The van der Waals surface area contributed by atoms with Gasteiger partial charge >= 0.3 is 0 Å². The number of methoxy groups -OCH3 is 1. The van der Waals surface area contributed by atoms with E-state index in [0.717, 1.165) is 24.2 Å². The second kappa shape index (κ2) is 8.22. The monoisotopic (exact) mass is 378 g/mol. The van der Waals surface area contributed by atoms with Crippen LogP contribution in [0, 0.1) is 0 Å². The lowest BCUT2D eigenvalue weighted by Gasteiger charge is -2.34. The zero-order valence-corrected chi connectivity index (χ0v) is 15.7. The lowest BCUT2D eigenvalue weighted by Crippen LogP contribution is -2.48. The van der Waals surface area contributed by atoms with Crippen LogP contribution in [0.1, 0.15) is 16.2 Å². The molecule has 1 amide bonds. The minimum Gasteiger partial charge on any atom is -0.496 e. The third-order valence-corrected chi connectivity index (χ3v) is 4.86. The molecule has 7 nitrogen and oxygen atoms in total. The highest BCUT2D eigenvalue weighted by Crippen LogP contribution is 2.27. The number of carbonyl (C=O) groups excluding carboxylic acids is 1. The summed E-state index contributed by atoms with van der Waals surface area (Å²) in [7, 11) is 1.62. The van der Waals surface area contributed by atoms with Crippen LogP contribution < -0.4 is 4.74 Å². The second-order valence-corrected chi connectivity index (χ2v) is 6.65. The van der Waals surface area contributed by atoms with Gasteiger partial charge in [0.05, 0.1) is 19.2 Å². The Morgan fingerprint density at radius 1 is 1.04 bits per heavy atom. The van der Waals surface area contributed by atoms with Gasteiger partial charge in [0.25, 0.3) is 5.91 Å². The van der Waals surface area contributed by atoms with E-state index >= 15 is 0 Å². The minimum absolute atomic E-state index is 0.0801. The molecule has 0 spiro atoms. The van der Waals surface area contributed by atoms with Crippen LogP contribution in [0.25, 0.3) is 11.4 Å². The van der Waals surface area contributed by atoms with Crippen molar-refractivity contribution < 1.29 is 14.1 Å². The summed E-state index contributed by atoms with van der Waals surface area (Å²) in [4.78, 5) is 21.2. The van der Waals surface area contributed by atoms with E-state index in [2.05, 4.69) is 15.0 Å². The van der Waals surface area contributed by atoms with Crippen LogP contribution in [0.15, 0.2) is 59.1 Å². The largest absolute Gasteiger partial charge is 0.496 e. The summed E-state index contributed by atoms with van der Waals surface area (Å²) in [5, 5.41) is 4.09. The fourth-order valence-electron chi connectivity index (χ4n) is 3.32. The molecule has 0 atom stereocenters. The molecule has 0 radical (unpaired) electrons. The number of carbonyl (C=O) groups is 1. The molecule has 144 valence electrons. The fourth-order valence-corrected chi connectivity index (χ4v) is 3.32. The number of amides is 1. The van der Waals surface area contributed by atoms with Crippen LogP contribution in [-0.4, -0.2) is 59.1 Å². The summed E-state index contributed by atoms with van der Waals surface area (Å²) >= 11 is 0. The molecule has 0 saturated carbocycles. The number of para-hydroxylation sites is 1. The number of aromatic nitrogens is 2. The molecule has 1 saturated heterocycles. The van der Waals surface area contributed by atoms with Crippen molar-refractivity contribution in [3.63, 3.8) is 0 Å². The summed E-state index contributed by atoms with van der Waals surface area (Å²) in [6.07, 6.45) is 0. The van der Waals surface area contributed by atoms with Crippen molar-refractivity contribution >= 4 is 5.91 Å². The molecule has 3 aromatic rings. The number of benzene rings is 2. The van der Waals surface area contributed by atoms with Crippen molar-refractivity contribution in [2.75, 3.05) is 33.3 Å². The molecule has 7 heteroatoms. The van der Waals surface area contributed by atoms with E-state index in [4.69, 9.17) is 9.26 Å². The molecule has 0 aliphatic carbocycles. The molecule has 0 unspecified atom stereocenters. The quantitative estimate of drug-likeness (QED) is 0.680. The molecule has 1 fully saturated rings. The average Bonchev–Trinajstić information content (AvgIpc) is 3.22.